The van der Waals surface area contributed by atoms with Gasteiger partial charge in [-0.3, -0.25) is 9.78 Å². The predicted octanol–water partition coefficient (Wildman–Crippen LogP) is 3.09. The van der Waals surface area contributed by atoms with Crippen LogP contribution in [0.1, 0.15) is 34.5 Å². The van der Waals surface area contributed by atoms with Crippen LogP contribution in [-0.2, 0) is 5.41 Å². The maximum Gasteiger partial charge on any atom is 0.252 e. The molecule has 3 rings (SSSR count). The fourth-order valence-corrected chi connectivity index (χ4v) is 3.58. The third-order valence-corrected chi connectivity index (χ3v) is 5.04. The summed E-state index contributed by atoms with van der Waals surface area (Å²) in [5.74, 6) is -0.131. The molecule has 2 aromatic rings. The van der Waals surface area contributed by atoms with Gasteiger partial charge in [-0.05, 0) is 62.7 Å². The number of halogens is 1. The van der Waals surface area contributed by atoms with E-state index in [0.29, 0.717) is 17.1 Å². The van der Waals surface area contributed by atoms with Crippen molar-refractivity contribution < 1.29 is 4.79 Å². The Hall–Kier alpha value is -1.91. The molecule has 0 aliphatic carbocycles. The Bertz CT molecular complexity index is 712. The van der Waals surface area contributed by atoms with Crippen molar-refractivity contribution in [1.29, 1.82) is 0 Å². The largest absolute Gasteiger partial charge is 0.351 e. The van der Waals surface area contributed by atoms with Crippen LogP contribution < -0.4 is 10.6 Å². The van der Waals surface area contributed by atoms with Crippen molar-refractivity contribution in [2.45, 2.75) is 25.2 Å². The zero-order valence-electron chi connectivity index (χ0n) is 13.8. The van der Waals surface area contributed by atoms with E-state index in [9.17, 15) is 4.79 Å². The first-order valence-corrected chi connectivity index (χ1v) is 8.65. The molecule has 2 heterocycles. The van der Waals surface area contributed by atoms with Crippen molar-refractivity contribution in [3.8, 4) is 0 Å². The lowest BCUT2D eigenvalue weighted by atomic mass is 9.75. The van der Waals surface area contributed by atoms with Crippen molar-refractivity contribution in [3.05, 3.63) is 64.4 Å². The Morgan fingerprint density at radius 2 is 2.08 bits per heavy atom. The molecule has 2 N–H and O–H groups in total. The summed E-state index contributed by atoms with van der Waals surface area (Å²) in [4.78, 5) is 17.1. The summed E-state index contributed by atoms with van der Waals surface area (Å²) in [6.45, 7) is 4.38. The summed E-state index contributed by atoms with van der Waals surface area (Å²) in [6, 6.07) is 11.5. The van der Waals surface area contributed by atoms with E-state index >= 15 is 0 Å². The summed E-state index contributed by atoms with van der Waals surface area (Å²) in [6.07, 6.45) is 3.72. The summed E-state index contributed by atoms with van der Waals surface area (Å²) in [5.41, 5.74) is 2.48. The number of nitrogens with zero attached hydrogens (tertiary/aromatic N) is 1. The lowest BCUT2D eigenvalue weighted by Gasteiger charge is -2.37. The normalized spacial score (nSPS) is 16.6. The number of pyridine rings is 1. The van der Waals surface area contributed by atoms with Crippen LogP contribution in [0.4, 0.5) is 0 Å². The van der Waals surface area contributed by atoms with Gasteiger partial charge < -0.3 is 10.6 Å². The molecule has 1 aromatic carbocycles. The number of rotatable bonds is 4. The third-order valence-electron chi connectivity index (χ3n) is 4.73. The van der Waals surface area contributed by atoms with Crippen LogP contribution >= 0.6 is 11.6 Å². The summed E-state index contributed by atoms with van der Waals surface area (Å²) >= 11 is 6.21. The van der Waals surface area contributed by atoms with Gasteiger partial charge in [0.25, 0.3) is 5.91 Å². The molecule has 1 saturated heterocycles. The van der Waals surface area contributed by atoms with Crippen LogP contribution in [0.15, 0.2) is 42.6 Å². The highest BCUT2D eigenvalue weighted by Gasteiger charge is 2.35. The van der Waals surface area contributed by atoms with Gasteiger partial charge in [0, 0.05) is 23.9 Å². The van der Waals surface area contributed by atoms with Crippen molar-refractivity contribution in [1.82, 2.24) is 15.6 Å². The molecule has 1 aliphatic heterocycles. The molecule has 0 saturated carbocycles. The molecule has 0 atom stereocenters. The van der Waals surface area contributed by atoms with Gasteiger partial charge in [0.15, 0.2) is 0 Å². The summed E-state index contributed by atoms with van der Waals surface area (Å²) in [7, 11) is 0. The molecule has 1 amide bonds. The van der Waals surface area contributed by atoms with Crippen molar-refractivity contribution in [2.24, 2.45) is 0 Å². The first kappa shape index (κ1) is 16.9. The van der Waals surface area contributed by atoms with E-state index in [4.69, 9.17) is 11.6 Å². The van der Waals surface area contributed by atoms with Gasteiger partial charge in [-0.2, -0.15) is 0 Å². The molecule has 1 aliphatic rings. The van der Waals surface area contributed by atoms with Gasteiger partial charge in [0.05, 0.1) is 10.6 Å². The Morgan fingerprint density at radius 3 is 2.75 bits per heavy atom. The van der Waals surface area contributed by atoms with E-state index in [1.165, 1.54) is 0 Å². The number of benzene rings is 1. The van der Waals surface area contributed by atoms with Gasteiger partial charge in [-0.25, -0.2) is 0 Å². The van der Waals surface area contributed by atoms with Crippen LogP contribution in [-0.4, -0.2) is 30.5 Å². The van der Waals surface area contributed by atoms with Crippen LogP contribution in [0.5, 0.6) is 0 Å². The second-order valence-corrected chi connectivity index (χ2v) is 6.82. The number of nitrogens with one attached hydrogen (secondary N) is 2. The second-order valence-electron chi connectivity index (χ2n) is 6.41. The molecule has 0 unspecified atom stereocenters. The molecular weight excluding hydrogens is 322 g/mol. The van der Waals surface area contributed by atoms with Crippen molar-refractivity contribution in [3.63, 3.8) is 0 Å². The minimum Gasteiger partial charge on any atom is -0.351 e. The fraction of sp³-hybridized carbons (Fsp3) is 0.368. The SMILES string of the molecule is Cc1ccc(C(=O)NCC2(c3ccccn3)CCNCC2)c(Cl)c1. The topological polar surface area (TPSA) is 54.0 Å². The maximum atomic E-state index is 12.6. The Balaban J connectivity index is 1.78. The third kappa shape index (κ3) is 3.60. The number of aromatic nitrogens is 1. The second kappa shape index (κ2) is 7.32. The number of carbonyl (C=O) groups is 1. The van der Waals surface area contributed by atoms with Gasteiger partial charge in [0.1, 0.15) is 0 Å². The molecule has 0 radical (unpaired) electrons. The molecule has 5 heteroatoms. The molecular formula is C19H22ClN3O. The van der Waals surface area contributed by atoms with Gasteiger partial charge in [0.2, 0.25) is 0 Å². The molecule has 1 fully saturated rings. The molecule has 0 spiro atoms. The zero-order chi connectivity index (χ0) is 17.0. The number of hydrogen-bond donors (Lipinski definition) is 2. The van der Waals surface area contributed by atoms with E-state index in [-0.39, 0.29) is 11.3 Å². The lowest BCUT2D eigenvalue weighted by molar-refractivity contribution is 0.0937. The zero-order valence-corrected chi connectivity index (χ0v) is 14.6. The van der Waals surface area contributed by atoms with Crippen LogP contribution in [0.3, 0.4) is 0 Å². The lowest BCUT2D eigenvalue weighted by Crippen LogP contribution is -2.48. The van der Waals surface area contributed by atoms with Crippen LogP contribution in [0.25, 0.3) is 0 Å². The van der Waals surface area contributed by atoms with Gasteiger partial charge in [-0.15, -0.1) is 0 Å². The quantitative estimate of drug-likeness (QED) is 0.897. The standard InChI is InChI=1S/C19H22ClN3O/c1-14-5-6-15(16(20)12-14)18(24)23-13-19(7-10-21-11-8-19)17-4-2-3-9-22-17/h2-6,9,12,21H,7-8,10-11,13H2,1H3,(H,23,24). The molecule has 0 bridgehead atoms. The Labute approximate surface area is 147 Å². The Kier molecular flexibility index (Phi) is 5.17. The van der Waals surface area contributed by atoms with Gasteiger partial charge in [-0.1, -0.05) is 23.7 Å². The van der Waals surface area contributed by atoms with E-state index in [1.807, 2.05) is 37.4 Å². The van der Waals surface area contributed by atoms with Crippen molar-refractivity contribution >= 4 is 17.5 Å². The predicted molar refractivity (Wildman–Crippen MR) is 96.5 cm³/mol. The van der Waals surface area contributed by atoms with E-state index in [2.05, 4.69) is 21.7 Å². The number of amides is 1. The molecule has 4 nitrogen and oxygen atoms in total. The van der Waals surface area contributed by atoms with E-state index in [0.717, 1.165) is 37.2 Å². The maximum absolute atomic E-state index is 12.6. The number of carbonyl (C=O) groups excluding carboxylic acids is 1. The molecule has 126 valence electrons. The average molecular weight is 344 g/mol. The highest BCUT2D eigenvalue weighted by atomic mass is 35.5. The van der Waals surface area contributed by atoms with Crippen molar-refractivity contribution in [2.75, 3.05) is 19.6 Å². The minimum atomic E-state index is -0.131. The smallest absolute Gasteiger partial charge is 0.252 e. The molecule has 1 aromatic heterocycles. The fourth-order valence-electron chi connectivity index (χ4n) is 3.25. The number of piperidine rings is 1. The van der Waals surface area contributed by atoms with Gasteiger partial charge >= 0.3 is 0 Å². The highest BCUT2D eigenvalue weighted by Crippen LogP contribution is 2.31. The van der Waals surface area contributed by atoms with Crippen LogP contribution in [0, 0.1) is 6.92 Å². The van der Waals surface area contributed by atoms with E-state index in [1.54, 1.807) is 6.07 Å². The number of aryl methyl sites for hydroxylation is 1. The van der Waals surface area contributed by atoms with Crippen LogP contribution in [0.2, 0.25) is 5.02 Å². The Morgan fingerprint density at radius 1 is 1.29 bits per heavy atom. The highest BCUT2D eigenvalue weighted by molar-refractivity contribution is 6.33. The first-order chi connectivity index (χ1) is 11.6. The van der Waals surface area contributed by atoms with E-state index < -0.39 is 0 Å². The summed E-state index contributed by atoms with van der Waals surface area (Å²) < 4.78 is 0. The average Bonchev–Trinajstić information content (AvgIpc) is 2.61. The first-order valence-electron chi connectivity index (χ1n) is 8.27. The molecule has 24 heavy (non-hydrogen) atoms. The minimum absolute atomic E-state index is 0.126. The monoisotopic (exact) mass is 343 g/mol. The number of hydrogen-bond acceptors (Lipinski definition) is 3. The summed E-state index contributed by atoms with van der Waals surface area (Å²) in [5, 5.41) is 6.95.